The topological polar surface area (TPSA) is 344 Å². The van der Waals surface area contributed by atoms with Gasteiger partial charge in [0.25, 0.3) is 5.91 Å². The summed E-state index contributed by atoms with van der Waals surface area (Å²) >= 11 is 0. The molecule has 3 rings (SSSR count). The molecule has 6 amide bonds. The zero-order valence-corrected chi connectivity index (χ0v) is 49.1. The number of nitrogens with zero attached hydrogens (tertiary/aromatic N) is 1. The lowest BCUT2D eigenvalue weighted by molar-refractivity contribution is -0.311. The molecule has 0 aromatic heterocycles. The largest absolute Gasteiger partial charge is 0.466 e. The van der Waals surface area contributed by atoms with Gasteiger partial charge < -0.3 is 95.5 Å². The maximum absolute atomic E-state index is 13.9. The molecule has 78 heavy (non-hydrogen) atoms. The van der Waals surface area contributed by atoms with Crippen LogP contribution in [0.5, 0.6) is 0 Å². The van der Waals surface area contributed by atoms with Gasteiger partial charge in [0, 0.05) is 33.0 Å². The molecule has 13 atom stereocenters. The lowest BCUT2D eigenvalue weighted by atomic mass is 9.82. The van der Waals surface area contributed by atoms with Gasteiger partial charge in [-0.3, -0.25) is 14.4 Å². The predicted octanol–water partition coefficient (Wildman–Crippen LogP) is 1.93. The first-order valence-corrected chi connectivity index (χ1v) is 26.8. The van der Waals surface area contributed by atoms with Gasteiger partial charge in [-0.1, -0.05) is 41.5 Å². The molecule has 11 N–H and O–H groups in total. The minimum atomic E-state index is -1.92. The van der Waals surface area contributed by atoms with E-state index in [-0.39, 0.29) is 57.6 Å². The van der Waals surface area contributed by atoms with E-state index in [2.05, 4.69) is 31.9 Å². The van der Waals surface area contributed by atoms with Crippen molar-refractivity contribution in [1.29, 1.82) is 0 Å². The highest BCUT2D eigenvalue weighted by Crippen LogP contribution is 2.35. The first-order valence-electron chi connectivity index (χ1n) is 26.8. The van der Waals surface area contributed by atoms with Crippen molar-refractivity contribution in [3.05, 3.63) is 11.8 Å². The van der Waals surface area contributed by atoms with Gasteiger partial charge in [0.15, 0.2) is 6.29 Å². The second kappa shape index (κ2) is 27.7. The van der Waals surface area contributed by atoms with Gasteiger partial charge in [0.05, 0.1) is 50.0 Å². The first kappa shape index (κ1) is 67.7. The average Bonchev–Trinajstić information content (AvgIpc) is 3.23. The summed E-state index contributed by atoms with van der Waals surface area (Å²) in [5, 5.41) is 74.7. The maximum atomic E-state index is 13.9. The first-order chi connectivity index (χ1) is 35.5. The van der Waals surface area contributed by atoms with Gasteiger partial charge in [0.2, 0.25) is 18.1 Å². The third-order valence-electron chi connectivity index (χ3n) is 12.0. The Bertz CT molecular complexity index is 2040. The fourth-order valence-corrected chi connectivity index (χ4v) is 8.77. The second-order valence-corrected chi connectivity index (χ2v) is 26.2. The van der Waals surface area contributed by atoms with Crippen molar-refractivity contribution in [3.63, 3.8) is 0 Å². The number of carbonyl (C=O) groups excluding carboxylic acids is 6. The van der Waals surface area contributed by atoms with Crippen LogP contribution in [0.15, 0.2) is 11.8 Å². The monoisotopic (exact) mass is 1120 g/mol. The molecule has 1 saturated heterocycles. The van der Waals surface area contributed by atoms with Crippen LogP contribution in [0.25, 0.3) is 0 Å². The molecule has 0 aromatic carbocycles. The van der Waals surface area contributed by atoms with Gasteiger partial charge in [-0.25, -0.2) is 14.4 Å². The molecule has 0 spiro atoms. The second-order valence-electron chi connectivity index (χ2n) is 26.2. The zero-order valence-electron chi connectivity index (χ0n) is 49.1. The highest BCUT2D eigenvalue weighted by atomic mass is 16.7. The Morgan fingerprint density at radius 2 is 1.24 bits per heavy atom. The van der Waals surface area contributed by atoms with Crippen molar-refractivity contribution in [1.82, 2.24) is 36.8 Å². The van der Waals surface area contributed by atoms with Gasteiger partial charge >= 0.3 is 18.3 Å². The highest BCUT2D eigenvalue weighted by Gasteiger charge is 2.55. The Hall–Kier alpha value is -4.60. The molecule has 2 heterocycles. The number of nitrogens with one attached hydrogen (secondary N) is 6. The zero-order chi connectivity index (χ0) is 59.5. The molecule has 3 aliphatic rings. The van der Waals surface area contributed by atoms with E-state index in [1.54, 1.807) is 68.4 Å². The third kappa shape index (κ3) is 23.6. The van der Waals surface area contributed by atoms with Crippen LogP contribution in [-0.4, -0.2) is 202 Å². The molecule has 25 nitrogen and oxygen atoms in total. The van der Waals surface area contributed by atoms with Gasteiger partial charge in [-0.2, -0.15) is 0 Å². The van der Waals surface area contributed by atoms with Crippen molar-refractivity contribution < 1.29 is 87.5 Å². The fourth-order valence-electron chi connectivity index (χ4n) is 8.77. The number of likely N-dealkylation sites (N-methyl/N-ethyl adjacent to an activating group) is 1. The minimum Gasteiger partial charge on any atom is -0.466 e. The van der Waals surface area contributed by atoms with Crippen LogP contribution in [-0.2, 0) is 47.5 Å². The van der Waals surface area contributed by atoms with E-state index in [0.29, 0.717) is 5.76 Å². The summed E-state index contributed by atoms with van der Waals surface area (Å²) in [6, 6.07) is -4.99. The van der Waals surface area contributed by atoms with Crippen molar-refractivity contribution in [2.24, 2.45) is 10.8 Å². The van der Waals surface area contributed by atoms with E-state index < -0.39 is 150 Å². The molecule has 0 bridgehead atoms. The smallest absolute Gasteiger partial charge is 0.410 e. The van der Waals surface area contributed by atoms with E-state index in [9.17, 15) is 54.3 Å². The highest BCUT2D eigenvalue weighted by molar-refractivity contribution is 5.83. The molecule has 2 fully saturated rings. The quantitative estimate of drug-likeness (QED) is 0.0776. The molecule has 0 aromatic rings. The molecule has 1 aliphatic carbocycles. The van der Waals surface area contributed by atoms with Crippen LogP contribution < -0.4 is 31.9 Å². The van der Waals surface area contributed by atoms with Crippen molar-refractivity contribution in [3.8, 4) is 0 Å². The van der Waals surface area contributed by atoms with E-state index in [4.69, 9.17) is 33.2 Å². The van der Waals surface area contributed by atoms with E-state index in [1.807, 2.05) is 41.5 Å². The maximum Gasteiger partial charge on any atom is 0.410 e. The van der Waals surface area contributed by atoms with Gasteiger partial charge in [-0.05, 0) is 105 Å². The number of aliphatic hydroxyl groups excluding tert-OH is 4. The van der Waals surface area contributed by atoms with Crippen molar-refractivity contribution in [2.45, 2.75) is 239 Å². The number of hydrogen-bond acceptors (Lipinski definition) is 19. The summed E-state index contributed by atoms with van der Waals surface area (Å²) in [6.07, 6.45) is -13.4. The third-order valence-corrected chi connectivity index (χ3v) is 12.0. The Morgan fingerprint density at radius 1 is 0.705 bits per heavy atom. The molecule has 25 heteroatoms. The number of hydrogen-bond donors (Lipinski definition) is 11. The standard InChI is InChI=1S/C53H95N7O18/c1-48(2,3)23-35(63)56-27-34(62)42(67)58-32-22-33(59-46(69)77-51(10,11)12)40(37(65)39(32)75-44-38(66)41(53(16,71)28-72-44)60(17)47(70)78-52(13,14)15)74-43-31(57-36(64)24-49(4,5)6)19-18-30(73-43)26-54-25-29(61)20-21-55-45(68)76-50(7,8)9/h18,29,31-34,37-41,43-44,54,61-62,65-66,71H,19-28H2,1-17H3,(H,55,68)(H,56,63)(H,57,64)(H,58,67)(H,59,69)/t29?,31-,32-,33+,34+,37-,38?,39+,40-,41-,43-,44?,53+/m1/s1. The van der Waals surface area contributed by atoms with Crippen LogP contribution in [0.4, 0.5) is 14.4 Å². The normalized spacial score (nSPS) is 27.8. The number of rotatable bonds is 20. The molecule has 450 valence electrons. The number of alkyl carbamates (subject to hydrolysis) is 2. The van der Waals surface area contributed by atoms with Crippen LogP contribution in [0.2, 0.25) is 0 Å². The fraction of sp³-hybridized carbons (Fsp3) is 0.849. The van der Waals surface area contributed by atoms with Crippen LogP contribution >= 0.6 is 0 Å². The van der Waals surface area contributed by atoms with Crippen molar-refractivity contribution in [2.75, 3.05) is 39.8 Å². The Morgan fingerprint density at radius 3 is 1.81 bits per heavy atom. The predicted molar refractivity (Wildman–Crippen MR) is 284 cm³/mol. The number of carbonyl (C=O) groups is 6. The average molecular weight is 1120 g/mol. The molecule has 0 radical (unpaired) electrons. The summed E-state index contributed by atoms with van der Waals surface area (Å²) in [5.41, 5.74) is -5.40. The molecule has 3 unspecified atom stereocenters. The van der Waals surface area contributed by atoms with E-state index in [1.165, 1.54) is 14.0 Å². The van der Waals surface area contributed by atoms with Gasteiger partial charge in [-0.15, -0.1) is 0 Å². The van der Waals surface area contributed by atoms with Gasteiger partial charge in [0.1, 0.15) is 58.7 Å². The molecule has 2 aliphatic heterocycles. The SMILES string of the molecule is CN(C(=O)OC(C)(C)C)[C@@H]1C(O)C(O[C@@H]2[C@@H](O)[C@H](O[C@H]3OC(CNCC(O)CCNC(=O)OC(C)(C)C)=CC[C@H]3NC(=O)CC(C)(C)C)[C@@H](NC(=O)OC(C)(C)C)C[C@H]2NC(=O)[C@@H](O)CNC(=O)CC(C)(C)C)OC[C@]1(C)O. The lowest BCUT2D eigenvalue weighted by Crippen LogP contribution is -2.71. The van der Waals surface area contributed by atoms with Crippen molar-refractivity contribution >= 4 is 36.0 Å². The summed E-state index contributed by atoms with van der Waals surface area (Å²) in [4.78, 5) is 80.3. The summed E-state index contributed by atoms with van der Waals surface area (Å²) in [6.45, 7) is 26.8. The minimum absolute atomic E-state index is 0.0459. The summed E-state index contributed by atoms with van der Waals surface area (Å²) in [5.74, 6) is -1.48. The summed E-state index contributed by atoms with van der Waals surface area (Å²) in [7, 11) is 1.31. The Labute approximate surface area is 460 Å². The van der Waals surface area contributed by atoms with E-state index in [0.717, 1.165) is 4.90 Å². The van der Waals surface area contributed by atoms with Crippen LogP contribution in [0.1, 0.15) is 143 Å². The molecular formula is C53H95N7O18. The number of amides is 6. The van der Waals surface area contributed by atoms with Crippen LogP contribution in [0, 0.1) is 10.8 Å². The Balaban J connectivity index is 2.08. The Kier molecular flexibility index (Phi) is 24.0. The summed E-state index contributed by atoms with van der Waals surface area (Å²) < 4.78 is 41.8. The number of ether oxygens (including phenoxy) is 7. The molecular weight excluding hydrogens is 1020 g/mol. The van der Waals surface area contributed by atoms with Crippen LogP contribution in [0.3, 0.4) is 0 Å². The number of aliphatic hydroxyl groups is 5. The van der Waals surface area contributed by atoms with E-state index >= 15 is 0 Å². The molecule has 1 saturated carbocycles. The lowest BCUT2D eigenvalue weighted by Gasteiger charge is -2.50.